The highest BCUT2D eigenvalue weighted by molar-refractivity contribution is 6.42. The summed E-state index contributed by atoms with van der Waals surface area (Å²) >= 11 is 11.9. The summed E-state index contributed by atoms with van der Waals surface area (Å²) in [7, 11) is 3.50. The Balaban J connectivity index is 2.09. The van der Waals surface area contributed by atoms with E-state index in [-0.39, 0.29) is 19.0 Å². The summed E-state index contributed by atoms with van der Waals surface area (Å²) in [6, 6.07) is 8.21. The lowest BCUT2D eigenvalue weighted by Crippen LogP contribution is -2.45. The molecule has 162 valence electrons. The van der Waals surface area contributed by atoms with Crippen LogP contribution in [0.25, 0.3) is 0 Å². The topological polar surface area (TPSA) is 66.8 Å². The number of aryl methyl sites for hydroxylation is 1. The average molecular weight is 453 g/mol. The first kappa shape index (κ1) is 23.8. The molecular weight excluding hydrogens is 427 g/mol. The molecule has 9 heteroatoms. The van der Waals surface area contributed by atoms with Crippen molar-refractivity contribution in [3.8, 4) is 0 Å². The number of benzene rings is 1. The fourth-order valence-electron chi connectivity index (χ4n) is 2.76. The van der Waals surface area contributed by atoms with E-state index in [9.17, 15) is 9.59 Å². The largest absolute Gasteiger partial charge is 0.383 e. The second kappa shape index (κ2) is 11.6. The van der Waals surface area contributed by atoms with Crippen LogP contribution in [0.5, 0.6) is 0 Å². The normalized spacial score (nSPS) is 10.5. The van der Waals surface area contributed by atoms with Crippen LogP contribution >= 0.6 is 23.2 Å². The van der Waals surface area contributed by atoms with Crippen molar-refractivity contribution in [1.82, 2.24) is 14.4 Å². The number of ether oxygens (including phenoxy) is 1. The fraction of sp³-hybridized carbons (Fsp3) is 0.333. The van der Waals surface area contributed by atoms with Crippen molar-refractivity contribution in [2.24, 2.45) is 7.05 Å². The van der Waals surface area contributed by atoms with E-state index in [1.807, 2.05) is 29.9 Å². The third kappa shape index (κ3) is 6.79. The van der Waals surface area contributed by atoms with Gasteiger partial charge in [0.15, 0.2) is 0 Å². The van der Waals surface area contributed by atoms with Crippen molar-refractivity contribution in [3.63, 3.8) is 0 Å². The molecule has 1 heterocycles. The van der Waals surface area contributed by atoms with E-state index in [1.165, 1.54) is 4.90 Å². The van der Waals surface area contributed by atoms with Crippen LogP contribution in [-0.4, -0.2) is 59.7 Å². The van der Waals surface area contributed by atoms with Gasteiger partial charge in [-0.1, -0.05) is 29.3 Å². The lowest BCUT2D eigenvalue weighted by Gasteiger charge is -2.27. The molecule has 2 aromatic rings. The predicted octanol–water partition coefficient (Wildman–Crippen LogP) is 4.03. The predicted molar refractivity (Wildman–Crippen MR) is 120 cm³/mol. The van der Waals surface area contributed by atoms with Gasteiger partial charge in [-0.05, 0) is 30.3 Å². The van der Waals surface area contributed by atoms with E-state index >= 15 is 0 Å². The third-order valence-corrected chi connectivity index (χ3v) is 5.19. The number of aromatic nitrogens is 1. The number of carbonyl (C=O) groups is 2. The highest BCUT2D eigenvalue weighted by Crippen LogP contribution is 2.25. The van der Waals surface area contributed by atoms with E-state index in [1.54, 1.807) is 36.3 Å². The Bertz CT molecular complexity index is 885. The molecule has 1 aromatic carbocycles. The van der Waals surface area contributed by atoms with Gasteiger partial charge in [-0.15, -0.1) is 6.58 Å². The van der Waals surface area contributed by atoms with Gasteiger partial charge in [-0.2, -0.15) is 0 Å². The molecule has 30 heavy (non-hydrogen) atoms. The molecule has 7 nitrogen and oxygen atoms in total. The Labute approximate surface area is 186 Å². The summed E-state index contributed by atoms with van der Waals surface area (Å²) in [4.78, 5) is 28.8. The number of hydrogen-bond donors (Lipinski definition) is 1. The van der Waals surface area contributed by atoms with Gasteiger partial charge in [0.25, 0.3) is 0 Å². The molecule has 0 spiro atoms. The molecule has 0 atom stereocenters. The molecule has 0 unspecified atom stereocenters. The number of amides is 3. The van der Waals surface area contributed by atoms with Gasteiger partial charge in [0.2, 0.25) is 5.91 Å². The minimum absolute atomic E-state index is 0.104. The van der Waals surface area contributed by atoms with Crippen molar-refractivity contribution >= 4 is 40.8 Å². The highest BCUT2D eigenvalue weighted by Gasteiger charge is 2.21. The Morgan fingerprint density at radius 2 is 2.00 bits per heavy atom. The van der Waals surface area contributed by atoms with E-state index < -0.39 is 6.03 Å². The second-order valence-electron chi connectivity index (χ2n) is 6.65. The highest BCUT2D eigenvalue weighted by atomic mass is 35.5. The SMILES string of the molecule is C=CCN(CC(=O)N(CCOC)Cc1cccn1C)C(=O)Nc1ccc(Cl)c(Cl)c1. The molecule has 0 aliphatic carbocycles. The van der Waals surface area contributed by atoms with Gasteiger partial charge in [0, 0.05) is 44.8 Å². The van der Waals surface area contributed by atoms with Gasteiger partial charge in [-0.25, -0.2) is 4.79 Å². The maximum Gasteiger partial charge on any atom is 0.322 e. The van der Waals surface area contributed by atoms with Crippen LogP contribution in [-0.2, 0) is 23.1 Å². The van der Waals surface area contributed by atoms with Gasteiger partial charge < -0.3 is 24.4 Å². The Hall–Kier alpha value is -2.48. The van der Waals surface area contributed by atoms with E-state index in [0.717, 1.165) is 5.69 Å². The minimum Gasteiger partial charge on any atom is -0.383 e. The number of nitrogens with one attached hydrogen (secondary N) is 1. The first-order valence-electron chi connectivity index (χ1n) is 9.34. The molecule has 0 saturated carbocycles. The van der Waals surface area contributed by atoms with Crippen LogP contribution in [0, 0.1) is 0 Å². The van der Waals surface area contributed by atoms with E-state index in [0.29, 0.717) is 35.4 Å². The van der Waals surface area contributed by atoms with E-state index in [4.69, 9.17) is 27.9 Å². The molecule has 2 rings (SSSR count). The zero-order chi connectivity index (χ0) is 22.1. The van der Waals surface area contributed by atoms with Crippen LogP contribution in [0.1, 0.15) is 5.69 Å². The summed E-state index contributed by atoms with van der Waals surface area (Å²) in [5.74, 6) is -0.195. The fourth-order valence-corrected chi connectivity index (χ4v) is 3.06. The standard InChI is InChI=1S/C21H26Cl2N4O3/c1-4-9-27(21(29)24-16-7-8-18(22)19(23)13-16)15-20(28)26(11-12-30-3)14-17-6-5-10-25(17)2/h4-8,10,13H,1,9,11-12,14-15H2,2-3H3,(H,24,29). The smallest absolute Gasteiger partial charge is 0.322 e. The molecule has 0 bridgehead atoms. The van der Waals surface area contributed by atoms with Crippen LogP contribution in [0.3, 0.4) is 0 Å². The van der Waals surface area contributed by atoms with Gasteiger partial charge in [0.1, 0.15) is 6.54 Å². The lowest BCUT2D eigenvalue weighted by molar-refractivity contribution is -0.133. The summed E-state index contributed by atoms with van der Waals surface area (Å²) in [6.45, 7) is 5.02. The number of anilines is 1. The molecule has 3 amide bonds. The van der Waals surface area contributed by atoms with Gasteiger partial charge in [0.05, 0.1) is 23.2 Å². The first-order valence-corrected chi connectivity index (χ1v) is 10.1. The second-order valence-corrected chi connectivity index (χ2v) is 7.46. The maximum atomic E-state index is 13.0. The maximum absolute atomic E-state index is 13.0. The number of halogens is 2. The average Bonchev–Trinajstić information content (AvgIpc) is 3.12. The number of urea groups is 1. The van der Waals surface area contributed by atoms with Crippen LogP contribution in [0.4, 0.5) is 10.5 Å². The monoisotopic (exact) mass is 452 g/mol. The number of rotatable bonds is 10. The van der Waals surface area contributed by atoms with Crippen molar-refractivity contribution in [3.05, 3.63) is 64.9 Å². The summed E-state index contributed by atoms with van der Waals surface area (Å²) in [5, 5.41) is 3.45. The number of carbonyl (C=O) groups excluding carboxylic acids is 2. The van der Waals surface area contributed by atoms with E-state index in [2.05, 4.69) is 11.9 Å². The third-order valence-electron chi connectivity index (χ3n) is 4.46. The molecule has 1 aromatic heterocycles. The Kier molecular flexibility index (Phi) is 9.23. The molecule has 0 radical (unpaired) electrons. The van der Waals surface area contributed by atoms with Crippen molar-refractivity contribution in [1.29, 1.82) is 0 Å². The van der Waals surface area contributed by atoms with Crippen LogP contribution in [0.2, 0.25) is 10.0 Å². The summed E-state index contributed by atoms with van der Waals surface area (Å²) in [5.41, 5.74) is 1.46. The summed E-state index contributed by atoms with van der Waals surface area (Å²) in [6.07, 6.45) is 3.49. The van der Waals surface area contributed by atoms with Gasteiger partial charge >= 0.3 is 6.03 Å². The summed E-state index contributed by atoms with van der Waals surface area (Å²) < 4.78 is 7.09. The number of nitrogens with zero attached hydrogens (tertiary/aromatic N) is 3. The van der Waals surface area contributed by atoms with Crippen molar-refractivity contribution in [2.45, 2.75) is 6.54 Å². The van der Waals surface area contributed by atoms with Gasteiger partial charge in [-0.3, -0.25) is 4.79 Å². The van der Waals surface area contributed by atoms with Crippen LogP contribution < -0.4 is 5.32 Å². The zero-order valence-electron chi connectivity index (χ0n) is 17.1. The zero-order valence-corrected chi connectivity index (χ0v) is 18.6. The molecular formula is C21H26Cl2N4O3. The molecule has 0 aliphatic rings. The Morgan fingerprint density at radius 3 is 2.60 bits per heavy atom. The minimum atomic E-state index is -0.438. The first-order chi connectivity index (χ1) is 14.3. The number of hydrogen-bond acceptors (Lipinski definition) is 3. The van der Waals surface area contributed by atoms with Crippen molar-refractivity contribution in [2.75, 3.05) is 38.7 Å². The number of methoxy groups -OCH3 is 1. The molecule has 1 N–H and O–H groups in total. The van der Waals surface area contributed by atoms with Crippen molar-refractivity contribution < 1.29 is 14.3 Å². The Morgan fingerprint density at radius 1 is 1.23 bits per heavy atom. The quantitative estimate of drug-likeness (QED) is 0.553. The molecule has 0 aliphatic heterocycles. The molecule has 0 fully saturated rings. The lowest BCUT2D eigenvalue weighted by atomic mass is 10.3. The van der Waals surface area contributed by atoms with Crippen LogP contribution in [0.15, 0.2) is 49.2 Å². The molecule has 0 saturated heterocycles.